The van der Waals surface area contributed by atoms with Gasteiger partial charge in [-0.05, 0) is 49.7 Å². The van der Waals surface area contributed by atoms with Crippen LogP contribution in [0.4, 0.5) is 4.39 Å². The van der Waals surface area contributed by atoms with Gasteiger partial charge in [-0.2, -0.15) is 5.10 Å². The van der Waals surface area contributed by atoms with Gasteiger partial charge in [-0.1, -0.05) is 15.9 Å². The molecule has 1 aliphatic rings. The van der Waals surface area contributed by atoms with Gasteiger partial charge in [0.15, 0.2) is 0 Å². The number of hydrogen-bond donors (Lipinski definition) is 1. The molecule has 0 spiro atoms. The second-order valence-corrected chi connectivity index (χ2v) is 8.26. The van der Waals surface area contributed by atoms with E-state index in [1.165, 1.54) is 18.9 Å². The highest BCUT2D eigenvalue weighted by atomic mass is 79.9. The molecule has 0 saturated carbocycles. The molecule has 0 aliphatic carbocycles. The van der Waals surface area contributed by atoms with Gasteiger partial charge in [-0.15, -0.1) is 0 Å². The summed E-state index contributed by atoms with van der Waals surface area (Å²) in [5.41, 5.74) is 2.05. The zero-order chi connectivity index (χ0) is 20.2. The summed E-state index contributed by atoms with van der Waals surface area (Å²) in [6.45, 7) is 2.98. The lowest BCUT2D eigenvalue weighted by atomic mass is 10.1. The molecule has 0 bridgehead atoms. The number of fused-ring (bicyclic) bond motifs is 1. The van der Waals surface area contributed by atoms with E-state index in [4.69, 9.17) is 9.47 Å². The molecule has 5 nitrogen and oxygen atoms in total. The highest BCUT2D eigenvalue weighted by Crippen LogP contribution is 2.32. The minimum Gasteiger partial charge on any atom is -0.493 e. The minimum absolute atomic E-state index is 0.339. The lowest BCUT2D eigenvalue weighted by Gasteiger charge is -2.11. The normalized spacial score (nSPS) is 16.6. The van der Waals surface area contributed by atoms with Gasteiger partial charge in [0, 0.05) is 47.6 Å². The Morgan fingerprint density at radius 2 is 2.14 bits per heavy atom. The Bertz CT molecular complexity index is 986. The van der Waals surface area contributed by atoms with Crippen LogP contribution in [-0.2, 0) is 11.8 Å². The Labute approximate surface area is 178 Å². The van der Waals surface area contributed by atoms with Crippen molar-refractivity contribution in [1.29, 1.82) is 0 Å². The summed E-state index contributed by atoms with van der Waals surface area (Å²) < 4.78 is 28.9. The molecule has 3 aromatic rings. The molecule has 1 aromatic heterocycles. The van der Waals surface area contributed by atoms with Crippen molar-refractivity contribution in [2.45, 2.75) is 25.3 Å². The van der Waals surface area contributed by atoms with E-state index in [9.17, 15) is 4.39 Å². The van der Waals surface area contributed by atoms with Crippen LogP contribution in [0.1, 0.15) is 19.3 Å². The van der Waals surface area contributed by atoms with Crippen molar-refractivity contribution in [2.75, 3.05) is 26.4 Å². The van der Waals surface area contributed by atoms with Crippen LogP contribution < -0.4 is 10.1 Å². The number of ether oxygens (including phenoxy) is 2. The molecule has 2 heterocycles. The molecule has 0 radical (unpaired) electrons. The molecule has 1 atom stereocenters. The van der Waals surface area contributed by atoms with Gasteiger partial charge < -0.3 is 14.8 Å². The highest BCUT2D eigenvalue weighted by molar-refractivity contribution is 9.10. The van der Waals surface area contributed by atoms with Crippen molar-refractivity contribution in [3.8, 4) is 17.0 Å². The van der Waals surface area contributed by atoms with Crippen LogP contribution in [0.2, 0.25) is 0 Å². The largest absolute Gasteiger partial charge is 0.493 e. The Balaban J connectivity index is 1.35. The Hall–Kier alpha value is -1.96. The average Bonchev–Trinajstić information content (AvgIpc) is 3.33. The maximum absolute atomic E-state index is 14.8. The summed E-state index contributed by atoms with van der Waals surface area (Å²) >= 11 is 3.47. The first kappa shape index (κ1) is 20.3. The van der Waals surface area contributed by atoms with Crippen molar-refractivity contribution in [3.05, 3.63) is 46.7 Å². The Morgan fingerprint density at radius 1 is 1.24 bits per heavy atom. The third kappa shape index (κ3) is 4.79. The molecular formula is C22H25BrFN3O2. The van der Waals surface area contributed by atoms with Crippen molar-refractivity contribution in [2.24, 2.45) is 7.05 Å². The first-order chi connectivity index (χ1) is 14.1. The summed E-state index contributed by atoms with van der Waals surface area (Å²) in [5, 5.41) is 8.83. The number of rotatable bonds is 8. The van der Waals surface area contributed by atoms with E-state index >= 15 is 0 Å². The summed E-state index contributed by atoms with van der Waals surface area (Å²) in [6, 6.07) is 11.3. The van der Waals surface area contributed by atoms with Gasteiger partial charge in [0.2, 0.25) is 0 Å². The van der Waals surface area contributed by atoms with Gasteiger partial charge in [-0.25, -0.2) is 4.39 Å². The standard InChI is InChI=1S/C22H25BrFN3O2/c1-27-21-12-15(23)5-7-19(21)22(26-27)18-8-6-17(13-20(18)24)29-11-3-10-28-14-16-4-2-9-25-16/h5-8,12-13,16,25H,2-4,9-11,14H2,1H3/t16-/m0/s1. The molecule has 154 valence electrons. The zero-order valence-electron chi connectivity index (χ0n) is 16.5. The van der Waals surface area contributed by atoms with Crippen LogP contribution in [0, 0.1) is 5.82 Å². The lowest BCUT2D eigenvalue weighted by molar-refractivity contribution is 0.104. The molecule has 1 fully saturated rings. The second-order valence-electron chi connectivity index (χ2n) is 7.35. The van der Waals surface area contributed by atoms with E-state index < -0.39 is 0 Å². The summed E-state index contributed by atoms with van der Waals surface area (Å²) in [6.07, 6.45) is 3.19. The second kappa shape index (κ2) is 9.24. The number of nitrogens with one attached hydrogen (secondary N) is 1. The predicted octanol–water partition coefficient (Wildman–Crippen LogP) is 4.68. The van der Waals surface area contributed by atoms with Crippen LogP contribution in [0.5, 0.6) is 5.75 Å². The third-order valence-corrected chi connectivity index (χ3v) is 5.69. The summed E-state index contributed by atoms with van der Waals surface area (Å²) in [4.78, 5) is 0. The fourth-order valence-electron chi connectivity index (χ4n) is 3.68. The SMILES string of the molecule is Cn1nc(-c2ccc(OCCCOC[C@@H]3CCCN3)cc2F)c2ccc(Br)cc21. The quantitative estimate of drug-likeness (QED) is 0.494. The smallest absolute Gasteiger partial charge is 0.136 e. The van der Waals surface area contributed by atoms with Gasteiger partial charge >= 0.3 is 0 Å². The molecule has 2 aromatic carbocycles. The van der Waals surface area contributed by atoms with Crippen molar-refractivity contribution >= 4 is 26.8 Å². The topological polar surface area (TPSA) is 48.3 Å². The Kier molecular flexibility index (Phi) is 6.47. The molecular weight excluding hydrogens is 437 g/mol. The van der Waals surface area contributed by atoms with E-state index in [-0.39, 0.29) is 5.82 Å². The number of hydrogen-bond acceptors (Lipinski definition) is 4. The number of aromatic nitrogens is 2. The molecule has 1 N–H and O–H groups in total. The maximum atomic E-state index is 14.8. The van der Waals surface area contributed by atoms with E-state index in [1.807, 2.05) is 25.2 Å². The van der Waals surface area contributed by atoms with Crippen LogP contribution in [0.3, 0.4) is 0 Å². The summed E-state index contributed by atoms with van der Waals surface area (Å²) in [7, 11) is 1.86. The molecule has 1 aliphatic heterocycles. The third-order valence-electron chi connectivity index (χ3n) is 5.19. The van der Waals surface area contributed by atoms with E-state index in [1.54, 1.807) is 16.8 Å². The van der Waals surface area contributed by atoms with Crippen molar-refractivity contribution in [1.82, 2.24) is 15.1 Å². The van der Waals surface area contributed by atoms with Gasteiger partial charge in [0.1, 0.15) is 17.3 Å². The van der Waals surface area contributed by atoms with Crippen LogP contribution in [-0.4, -0.2) is 42.2 Å². The fourth-order valence-corrected chi connectivity index (χ4v) is 4.03. The first-order valence-electron chi connectivity index (χ1n) is 9.98. The first-order valence-corrected chi connectivity index (χ1v) is 10.8. The average molecular weight is 462 g/mol. The monoisotopic (exact) mass is 461 g/mol. The number of aryl methyl sites for hydroxylation is 1. The summed E-state index contributed by atoms with van der Waals surface area (Å²) in [5.74, 6) is 0.181. The van der Waals surface area contributed by atoms with Gasteiger partial charge in [0.25, 0.3) is 0 Å². The van der Waals surface area contributed by atoms with E-state index in [2.05, 4.69) is 26.3 Å². The molecule has 29 heavy (non-hydrogen) atoms. The molecule has 7 heteroatoms. The van der Waals surface area contributed by atoms with Gasteiger partial charge in [-0.3, -0.25) is 4.68 Å². The van der Waals surface area contributed by atoms with Crippen LogP contribution in [0.25, 0.3) is 22.2 Å². The molecule has 1 saturated heterocycles. The molecule has 0 amide bonds. The highest BCUT2D eigenvalue weighted by Gasteiger charge is 2.16. The maximum Gasteiger partial charge on any atom is 0.136 e. The van der Waals surface area contributed by atoms with Crippen molar-refractivity contribution < 1.29 is 13.9 Å². The molecule has 0 unspecified atom stereocenters. The van der Waals surface area contributed by atoms with E-state index in [0.717, 1.165) is 34.9 Å². The Morgan fingerprint density at radius 3 is 2.93 bits per heavy atom. The van der Waals surface area contributed by atoms with E-state index in [0.29, 0.717) is 36.3 Å². The number of nitrogens with zero attached hydrogens (tertiary/aromatic N) is 2. The predicted molar refractivity (Wildman–Crippen MR) is 116 cm³/mol. The number of halogens is 2. The van der Waals surface area contributed by atoms with Crippen LogP contribution >= 0.6 is 15.9 Å². The van der Waals surface area contributed by atoms with Gasteiger partial charge in [0.05, 0.1) is 18.7 Å². The lowest BCUT2D eigenvalue weighted by Crippen LogP contribution is -2.27. The fraction of sp³-hybridized carbons (Fsp3) is 0.409. The number of benzene rings is 2. The molecule has 4 rings (SSSR count). The van der Waals surface area contributed by atoms with Crippen molar-refractivity contribution in [3.63, 3.8) is 0 Å². The zero-order valence-corrected chi connectivity index (χ0v) is 18.0. The van der Waals surface area contributed by atoms with Crippen LogP contribution in [0.15, 0.2) is 40.9 Å². The minimum atomic E-state index is -0.339.